The Kier molecular flexibility index (Phi) is 5.65. The van der Waals surface area contributed by atoms with Crippen molar-refractivity contribution in [2.75, 3.05) is 6.26 Å². The fraction of sp³-hybridized carbons (Fsp3) is 0.444. The summed E-state index contributed by atoms with van der Waals surface area (Å²) in [6.07, 6.45) is 3.74. The molecule has 0 bridgehead atoms. The number of hydrogen-bond donors (Lipinski definition) is 1. The largest absolute Gasteiger partial charge is 0.326 e. The highest BCUT2D eigenvalue weighted by Gasteiger charge is 2.20. The molecule has 0 spiro atoms. The van der Waals surface area contributed by atoms with Crippen molar-refractivity contribution < 1.29 is 0 Å². The van der Waals surface area contributed by atoms with Gasteiger partial charge in [-0.05, 0) is 48.3 Å². The number of aryl methyl sites for hydroxylation is 4. The third kappa shape index (κ3) is 3.21. The summed E-state index contributed by atoms with van der Waals surface area (Å²) < 4.78 is 1.44. The van der Waals surface area contributed by atoms with Crippen LogP contribution in [-0.2, 0) is 26.4 Å². The molecule has 0 amide bonds. The number of thioether (sulfide) groups is 1. The minimum atomic E-state index is -0.0372. The van der Waals surface area contributed by atoms with Gasteiger partial charge in [-0.2, -0.15) is 5.10 Å². The second kappa shape index (κ2) is 7.32. The summed E-state index contributed by atoms with van der Waals surface area (Å²) in [6.45, 7) is 6.72. The van der Waals surface area contributed by atoms with Crippen LogP contribution in [0.4, 0.5) is 0 Å². The molecule has 2 N–H and O–H groups in total. The molecule has 0 aliphatic heterocycles. The lowest BCUT2D eigenvalue weighted by Gasteiger charge is -2.19. The Morgan fingerprint density at radius 1 is 1.17 bits per heavy atom. The van der Waals surface area contributed by atoms with Crippen LogP contribution in [0.1, 0.15) is 36.2 Å². The Morgan fingerprint density at radius 3 is 2.17 bits per heavy atom. The van der Waals surface area contributed by atoms with Gasteiger partial charge in [0, 0.05) is 18.5 Å². The summed E-state index contributed by atoms with van der Waals surface area (Å²) in [5.74, 6) is 0. The van der Waals surface area contributed by atoms with Gasteiger partial charge in [-0.3, -0.25) is 4.79 Å². The maximum Gasteiger partial charge on any atom is 0.275 e. The molecule has 0 radical (unpaired) electrons. The van der Waals surface area contributed by atoms with Gasteiger partial charge in [0.1, 0.15) is 0 Å². The van der Waals surface area contributed by atoms with Crippen LogP contribution < -0.4 is 11.3 Å². The lowest BCUT2D eigenvalue weighted by atomic mass is 9.90. The van der Waals surface area contributed by atoms with Crippen molar-refractivity contribution in [2.24, 2.45) is 12.8 Å². The Labute approximate surface area is 142 Å². The number of rotatable bonds is 5. The van der Waals surface area contributed by atoms with Crippen LogP contribution in [0.2, 0.25) is 0 Å². The lowest BCUT2D eigenvalue weighted by molar-refractivity contribution is 0.681. The van der Waals surface area contributed by atoms with Crippen molar-refractivity contribution in [3.63, 3.8) is 0 Å². The van der Waals surface area contributed by atoms with Crippen molar-refractivity contribution in [2.45, 2.75) is 45.1 Å². The maximum absolute atomic E-state index is 12.9. The highest BCUT2D eigenvalue weighted by Crippen LogP contribution is 2.35. The zero-order valence-corrected chi connectivity index (χ0v) is 15.4. The Balaban J connectivity index is 2.94. The molecule has 0 atom stereocenters. The smallest absolute Gasteiger partial charge is 0.275 e. The summed E-state index contributed by atoms with van der Waals surface area (Å²) in [6, 6.07) is 4.27. The maximum atomic E-state index is 12.9. The number of nitrogens with zero attached hydrogens (tertiary/aromatic N) is 2. The first-order chi connectivity index (χ1) is 11.0. The molecule has 0 aliphatic carbocycles. The fourth-order valence-electron chi connectivity index (χ4n) is 3.06. The van der Waals surface area contributed by atoms with Gasteiger partial charge in [0.2, 0.25) is 0 Å². The van der Waals surface area contributed by atoms with E-state index in [1.807, 2.05) is 13.2 Å². The van der Waals surface area contributed by atoms with Crippen molar-refractivity contribution >= 4 is 11.8 Å². The topological polar surface area (TPSA) is 60.9 Å². The lowest BCUT2D eigenvalue weighted by Crippen LogP contribution is -2.24. The summed E-state index contributed by atoms with van der Waals surface area (Å²) in [4.78, 5) is 13.8. The molecule has 2 aromatic rings. The molecule has 1 heterocycles. The zero-order valence-electron chi connectivity index (χ0n) is 14.6. The SMILES string of the molecule is CCc1cc(CN)cc(CC)c1-c1c(SC)c(C)nn(C)c1=O. The molecule has 0 aliphatic rings. The molecule has 23 heavy (non-hydrogen) atoms. The van der Waals surface area contributed by atoms with Gasteiger partial charge < -0.3 is 5.73 Å². The van der Waals surface area contributed by atoms with Gasteiger partial charge in [-0.1, -0.05) is 26.0 Å². The molecule has 0 unspecified atom stereocenters. The second-order valence-corrected chi connectivity index (χ2v) is 6.44. The first-order valence-corrected chi connectivity index (χ1v) is 9.17. The first kappa shape index (κ1) is 17.8. The first-order valence-electron chi connectivity index (χ1n) is 7.95. The van der Waals surface area contributed by atoms with E-state index in [0.29, 0.717) is 6.54 Å². The zero-order chi connectivity index (χ0) is 17.1. The van der Waals surface area contributed by atoms with Crippen LogP contribution in [0.3, 0.4) is 0 Å². The van der Waals surface area contributed by atoms with Gasteiger partial charge in [0.25, 0.3) is 5.56 Å². The molecule has 4 nitrogen and oxygen atoms in total. The van der Waals surface area contributed by atoms with Gasteiger partial charge >= 0.3 is 0 Å². The predicted octanol–water partition coefficient (Wildman–Crippen LogP) is 3.06. The number of nitrogens with two attached hydrogens (primary N) is 1. The molecule has 2 rings (SSSR count). The Hall–Kier alpha value is -1.59. The molecule has 0 fully saturated rings. The number of aromatic nitrogens is 2. The van der Waals surface area contributed by atoms with Gasteiger partial charge in [-0.15, -0.1) is 11.8 Å². The third-order valence-electron chi connectivity index (χ3n) is 4.18. The van der Waals surface area contributed by atoms with Gasteiger partial charge in [0.15, 0.2) is 0 Å². The molecule has 5 heteroatoms. The minimum absolute atomic E-state index is 0.0372. The fourth-order valence-corrected chi connectivity index (χ4v) is 3.79. The molecule has 124 valence electrons. The van der Waals surface area contributed by atoms with E-state index in [-0.39, 0.29) is 5.56 Å². The van der Waals surface area contributed by atoms with Crippen LogP contribution in [0.25, 0.3) is 11.1 Å². The molecular weight excluding hydrogens is 306 g/mol. The minimum Gasteiger partial charge on any atom is -0.326 e. The number of hydrogen-bond acceptors (Lipinski definition) is 4. The molecule has 1 aromatic heterocycles. The van der Waals surface area contributed by atoms with E-state index in [1.165, 1.54) is 15.8 Å². The predicted molar refractivity (Wildman–Crippen MR) is 98.1 cm³/mol. The van der Waals surface area contributed by atoms with Crippen molar-refractivity contribution in [3.8, 4) is 11.1 Å². The molecule has 1 aromatic carbocycles. The quantitative estimate of drug-likeness (QED) is 0.856. The second-order valence-electron chi connectivity index (χ2n) is 5.62. The van der Waals surface area contributed by atoms with E-state index >= 15 is 0 Å². The van der Waals surface area contributed by atoms with Crippen LogP contribution in [-0.4, -0.2) is 16.0 Å². The van der Waals surface area contributed by atoms with Crippen molar-refractivity contribution in [3.05, 3.63) is 44.9 Å². The summed E-state index contributed by atoms with van der Waals surface area (Å²) in [5, 5.41) is 4.34. The Morgan fingerprint density at radius 2 is 1.74 bits per heavy atom. The molecule has 0 saturated carbocycles. The normalized spacial score (nSPS) is 11.0. The van der Waals surface area contributed by atoms with E-state index in [0.717, 1.165) is 40.1 Å². The summed E-state index contributed by atoms with van der Waals surface area (Å²) in [5.41, 5.74) is 12.0. The van der Waals surface area contributed by atoms with Crippen LogP contribution >= 0.6 is 11.8 Å². The molecular formula is C18H25N3OS. The monoisotopic (exact) mass is 331 g/mol. The van der Waals surface area contributed by atoms with Crippen molar-refractivity contribution in [1.82, 2.24) is 9.78 Å². The van der Waals surface area contributed by atoms with E-state index in [4.69, 9.17) is 5.73 Å². The highest BCUT2D eigenvalue weighted by molar-refractivity contribution is 7.98. The number of benzene rings is 1. The Bertz CT molecular complexity index is 756. The van der Waals surface area contributed by atoms with E-state index in [1.54, 1.807) is 18.8 Å². The van der Waals surface area contributed by atoms with Gasteiger partial charge in [-0.25, -0.2) is 4.68 Å². The van der Waals surface area contributed by atoms with Crippen molar-refractivity contribution in [1.29, 1.82) is 0 Å². The molecule has 0 saturated heterocycles. The van der Waals surface area contributed by atoms with Crippen LogP contribution in [0.15, 0.2) is 21.8 Å². The summed E-state index contributed by atoms with van der Waals surface area (Å²) in [7, 11) is 1.72. The van der Waals surface area contributed by atoms with E-state index in [2.05, 4.69) is 31.1 Å². The summed E-state index contributed by atoms with van der Waals surface area (Å²) >= 11 is 1.59. The van der Waals surface area contributed by atoms with E-state index < -0.39 is 0 Å². The highest BCUT2D eigenvalue weighted by atomic mass is 32.2. The van der Waals surface area contributed by atoms with Crippen LogP contribution in [0.5, 0.6) is 0 Å². The third-order valence-corrected chi connectivity index (χ3v) is 5.08. The standard InChI is InChI=1S/C18H25N3OS/c1-6-13-8-12(10-19)9-14(7-2)15(13)16-17(23-5)11(3)20-21(4)18(16)22/h8-9H,6-7,10,19H2,1-5H3. The average Bonchev–Trinajstić information content (AvgIpc) is 2.56. The van der Waals surface area contributed by atoms with Gasteiger partial charge in [0.05, 0.1) is 11.3 Å². The average molecular weight is 331 g/mol. The van der Waals surface area contributed by atoms with Crippen LogP contribution in [0, 0.1) is 6.92 Å². The van der Waals surface area contributed by atoms with E-state index in [9.17, 15) is 4.79 Å².